The number of halogens is 3. The second-order valence-corrected chi connectivity index (χ2v) is 10.0. The standard InChI is InChI=1S/C26H21F3N4O3S2/c1-15(19-14-37-23(22(19)34)17-4-6-18(7-5-17)26(27,28)29)32-33-25(36)21-9-8-20(38-21)24(35)31-12-10-16-3-2-11-30-13-16/h2-9,11,13-14,34H,10,12H2,1H3,(H,31,35)(H,33,36). The Balaban J connectivity index is 1.36. The number of nitrogens with zero attached hydrogens (tertiary/aromatic N) is 2. The molecule has 3 aromatic heterocycles. The van der Waals surface area contributed by atoms with Gasteiger partial charge in [-0.2, -0.15) is 18.3 Å². The average Bonchev–Trinajstić information content (AvgIpc) is 3.55. The first-order valence-electron chi connectivity index (χ1n) is 11.2. The largest absolute Gasteiger partial charge is 0.506 e. The monoisotopic (exact) mass is 558 g/mol. The molecule has 0 atom stereocenters. The van der Waals surface area contributed by atoms with E-state index in [0.29, 0.717) is 39.6 Å². The molecule has 3 N–H and O–H groups in total. The molecular formula is C26H21F3N4O3S2. The van der Waals surface area contributed by atoms with E-state index in [0.717, 1.165) is 40.4 Å². The van der Waals surface area contributed by atoms with Crippen molar-refractivity contribution in [2.24, 2.45) is 5.10 Å². The Kier molecular flexibility index (Phi) is 8.23. The van der Waals surface area contributed by atoms with E-state index in [1.54, 1.807) is 30.8 Å². The van der Waals surface area contributed by atoms with Crippen molar-refractivity contribution >= 4 is 40.2 Å². The SMILES string of the molecule is CC(=NNC(=O)c1ccc(C(=O)NCCc2cccnc2)s1)c1csc(-c2ccc(C(F)(F)F)cc2)c1O. The van der Waals surface area contributed by atoms with E-state index in [2.05, 4.69) is 20.8 Å². The molecule has 4 aromatic rings. The van der Waals surface area contributed by atoms with E-state index in [1.807, 2.05) is 12.1 Å². The van der Waals surface area contributed by atoms with Gasteiger partial charge in [0.1, 0.15) is 5.75 Å². The van der Waals surface area contributed by atoms with Crippen molar-refractivity contribution < 1.29 is 27.9 Å². The number of hydrogen-bond donors (Lipinski definition) is 3. The van der Waals surface area contributed by atoms with Gasteiger partial charge in [0.25, 0.3) is 11.8 Å². The van der Waals surface area contributed by atoms with Crippen molar-refractivity contribution in [2.45, 2.75) is 19.5 Å². The summed E-state index contributed by atoms with van der Waals surface area (Å²) in [5.74, 6) is -0.968. The maximum atomic E-state index is 12.8. The van der Waals surface area contributed by atoms with Crippen LogP contribution in [0.4, 0.5) is 13.2 Å². The molecule has 0 aliphatic rings. The second kappa shape index (κ2) is 11.6. The van der Waals surface area contributed by atoms with Gasteiger partial charge in [-0.05, 0) is 54.8 Å². The average molecular weight is 559 g/mol. The van der Waals surface area contributed by atoms with E-state index in [1.165, 1.54) is 18.2 Å². The van der Waals surface area contributed by atoms with Crippen LogP contribution in [-0.2, 0) is 12.6 Å². The van der Waals surface area contributed by atoms with Crippen LogP contribution in [0.2, 0.25) is 0 Å². The molecule has 0 unspecified atom stereocenters. The molecule has 3 heterocycles. The molecule has 196 valence electrons. The maximum absolute atomic E-state index is 12.8. The quantitative estimate of drug-likeness (QED) is 0.190. The number of aromatic nitrogens is 1. The number of rotatable bonds is 8. The Morgan fingerprint density at radius 1 is 1.05 bits per heavy atom. The fourth-order valence-electron chi connectivity index (χ4n) is 3.41. The van der Waals surface area contributed by atoms with E-state index in [-0.39, 0.29) is 16.5 Å². The summed E-state index contributed by atoms with van der Waals surface area (Å²) in [6.45, 7) is 2.00. The van der Waals surface area contributed by atoms with Crippen LogP contribution in [0.5, 0.6) is 5.75 Å². The minimum atomic E-state index is -4.45. The Morgan fingerprint density at radius 3 is 2.42 bits per heavy atom. The van der Waals surface area contributed by atoms with Crippen LogP contribution in [-0.4, -0.2) is 34.2 Å². The van der Waals surface area contributed by atoms with Crippen LogP contribution in [0.15, 0.2) is 71.4 Å². The lowest BCUT2D eigenvalue weighted by atomic mass is 10.1. The third kappa shape index (κ3) is 6.45. The van der Waals surface area contributed by atoms with Crippen LogP contribution in [0, 0.1) is 0 Å². The first kappa shape index (κ1) is 27.0. The molecule has 0 saturated heterocycles. The van der Waals surface area contributed by atoms with Crippen LogP contribution >= 0.6 is 22.7 Å². The highest BCUT2D eigenvalue weighted by molar-refractivity contribution is 7.16. The lowest BCUT2D eigenvalue weighted by molar-refractivity contribution is -0.137. The van der Waals surface area contributed by atoms with Crippen molar-refractivity contribution in [3.05, 3.63) is 92.7 Å². The highest BCUT2D eigenvalue weighted by Crippen LogP contribution is 2.40. The van der Waals surface area contributed by atoms with Crippen molar-refractivity contribution in [3.8, 4) is 16.2 Å². The molecule has 4 rings (SSSR count). The smallest absolute Gasteiger partial charge is 0.416 e. The number of alkyl halides is 3. The van der Waals surface area contributed by atoms with Gasteiger partial charge in [0, 0.05) is 24.3 Å². The molecule has 38 heavy (non-hydrogen) atoms. The second-order valence-electron chi connectivity index (χ2n) is 8.07. The maximum Gasteiger partial charge on any atom is 0.416 e. The molecule has 0 aliphatic carbocycles. The zero-order valence-corrected chi connectivity index (χ0v) is 21.5. The number of thiophene rings is 2. The molecule has 7 nitrogen and oxygen atoms in total. The Labute approximate surface area is 223 Å². The number of benzene rings is 1. The van der Waals surface area contributed by atoms with Gasteiger partial charge < -0.3 is 10.4 Å². The van der Waals surface area contributed by atoms with Gasteiger partial charge in [-0.1, -0.05) is 18.2 Å². The predicted octanol–water partition coefficient (Wildman–Crippen LogP) is 5.72. The van der Waals surface area contributed by atoms with E-state index in [4.69, 9.17) is 0 Å². The fourth-order valence-corrected chi connectivity index (χ4v) is 5.23. The number of hydrogen-bond acceptors (Lipinski definition) is 7. The molecular weight excluding hydrogens is 537 g/mol. The normalized spacial score (nSPS) is 11.8. The van der Waals surface area contributed by atoms with E-state index in [9.17, 15) is 27.9 Å². The van der Waals surface area contributed by atoms with Crippen LogP contribution in [0.1, 0.15) is 43.0 Å². The van der Waals surface area contributed by atoms with Gasteiger partial charge in [0.15, 0.2) is 0 Å². The molecule has 12 heteroatoms. The van der Waals surface area contributed by atoms with Crippen molar-refractivity contribution in [1.29, 1.82) is 0 Å². The molecule has 0 saturated carbocycles. The van der Waals surface area contributed by atoms with Gasteiger partial charge in [0.05, 0.1) is 31.5 Å². The topological polar surface area (TPSA) is 104 Å². The number of pyridine rings is 1. The third-order valence-corrected chi connectivity index (χ3v) is 7.53. The number of carbonyl (C=O) groups excluding carboxylic acids is 2. The Hall–Kier alpha value is -4.03. The van der Waals surface area contributed by atoms with Gasteiger partial charge in [-0.15, -0.1) is 22.7 Å². The van der Waals surface area contributed by atoms with Crippen molar-refractivity contribution in [1.82, 2.24) is 15.7 Å². The summed E-state index contributed by atoms with van der Waals surface area (Å²) in [5.41, 5.74) is 3.68. The fraction of sp³-hybridized carbons (Fsp3) is 0.154. The summed E-state index contributed by atoms with van der Waals surface area (Å²) < 4.78 is 38.4. The molecule has 0 radical (unpaired) electrons. The third-order valence-electron chi connectivity index (χ3n) is 5.43. The van der Waals surface area contributed by atoms with Gasteiger partial charge in [-0.3, -0.25) is 14.6 Å². The highest BCUT2D eigenvalue weighted by atomic mass is 32.1. The lowest BCUT2D eigenvalue weighted by Crippen LogP contribution is -2.24. The molecule has 0 aliphatic heterocycles. The number of amides is 2. The van der Waals surface area contributed by atoms with Crippen LogP contribution in [0.25, 0.3) is 10.4 Å². The van der Waals surface area contributed by atoms with E-state index >= 15 is 0 Å². The summed E-state index contributed by atoms with van der Waals surface area (Å²) in [6.07, 6.45) is -0.415. The number of aromatic hydroxyl groups is 1. The van der Waals surface area contributed by atoms with Gasteiger partial charge in [0.2, 0.25) is 0 Å². The zero-order chi connectivity index (χ0) is 27.3. The molecule has 2 amide bonds. The van der Waals surface area contributed by atoms with Crippen LogP contribution < -0.4 is 10.7 Å². The van der Waals surface area contributed by atoms with Crippen molar-refractivity contribution in [2.75, 3.05) is 6.54 Å². The van der Waals surface area contributed by atoms with Crippen molar-refractivity contribution in [3.63, 3.8) is 0 Å². The minimum Gasteiger partial charge on any atom is -0.506 e. The zero-order valence-electron chi connectivity index (χ0n) is 19.9. The Bertz CT molecular complexity index is 1460. The Morgan fingerprint density at radius 2 is 1.76 bits per heavy atom. The first-order chi connectivity index (χ1) is 18.1. The van der Waals surface area contributed by atoms with Crippen LogP contribution in [0.3, 0.4) is 0 Å². The number of carbonyl (C=O) groups is 2. The summed E-state index contributed by atoms with van der Waals surface area (Å²) in [7, 11) is 0. The highest BCUT2D eigenvalue weighted by Gasteiger charge is 2.30. The van der Waals surface area contributed by atoms with E-state index < -0.39 is 17.6 Å². The molecule has 1 aromatic carbocycles. The minimum absolute atomic E-state index is 0.147. The molecule has 0 bridgehead atoms. The summed E-state index contributed by atoms with van der Waals surface area (Å²) >= 11 is 2.16. The lowest BCUT2D eigenvalue weighted by Gasteiger charge is -2.07. The summed E-state index contributed by atoms with van der Waals surface area (Å²) in [5, 5.41) is 19.1. The van der Waals surface area contributed by atoms with Gasteiger partial charge in [-0.25, -0.2) is 5.43 Å². The molecule has 0 spiro atoms. The summed E-state index contributed by atoms with van der Waals surface area (Å²) in [4.78, 5) is 30.0. The number of nitrogens with one attached hydrogen (secondary N) is 2. The summed E-state index contributed by atoms with van der Waals surface area (Å²) in [6, 6.07) is 11.3. The first-order valence-corrected chi connectivity index (χ1v) is 12.9. The molecule has 0 fully saturated rings. The number of hydrazone groups is 1. The predicted molar refractivity (Wildman–Crippen MR) is 141 cm³/mol. The van der Waals surface area contributed by atoms with Gasteiger partial charge >= 0.3 is 6.18 Å².